The average Bonchev–Trinajstić information content (AvgIpc) is 1.84. The van der Waals surface area contributed by atoms with Crippen molar-refractivity contribution in [3.8, 4) is 0 Å². The predicted octanol–water partition coefficient (Wildman–Crippen LogP) is 1.71. The summed E-state index contributed by atoms with van der Waals surface area (Å²) in [6.45, 7) is 10.7. The van der Waals surface area contributed by atoms with Crippen LogP contribution < -0.4 is 0 Å². The molecule has 0 rings (SSSR count). The largest absolute Gasteiger partial charge is 0.187 e. The molecule has 0 aliphatic heterocycles. The van der Waals surface area contributed by atoms with E-state index in [9.17, 15) is 0 Å². The van der Waals surface area contributed by atoms with Crippen molar-refractivity contribution in [1.29, 1.82) is 0 Å². The molecule has 2 unspecified atom stereocenters. The fourth-order valence-corrected chi connectivity index (χ4v) is 0.736. The molecule has 0 aromatic carbocycles. The minimum atomic E-state index is 0. The zero-order valence-corrected chi connectivity index (χ0v) is 6.28. The van der Waals surface area contributed by atoms with E-state index in [1.807, 2.05) is 0 Å². The van der Waals surface area contributed by atoms with Gasteiger partial charge < -0.3 is 0 Å². The maximum Gasteiger partial charge on any atom is 0.187 e. The molecular formula is C8H20Al. The van der Waals surface area contributed by atoms with Crippen molar-refractivity contribution in [1.82, 2.24) is 0 Å². The van der Waals surface area contributed by atoms with Gasteiger partial charge in [-0.05, 0) is 18.8 Å². The van der Waals surface area contributed by atoms with Crippen LogP contribution in [0.2, 0.25) is 0 Å². The Bertz CT molecular complexity index is 44.5. The lowest BCUT2D eigenvalue weighted by Crippen LogP contribution is -2.04. The molecule has 0 amide bonds. The van der Waals surface area contributed by atoms with E-state index in [1.165, 1.54) is 12.8 Å². The van der Waals surface area contributed by atoms with Crippen molar-refractivity contribution in [3.63, 3.8) is 0 Å². The van der Waals surface area contributed by atoms with Crippen LogP contribution in [-0.4, -0.2) is 17.4 Å². The molecule has 0 saturated heterocycles. The van der Waals surface area contributed by atoms with E-state index in [0.717, 1.165) is 5.92 Å². The molecule has 0 saturated carbocycles. The summed E-state index contributed by atoms with van der Waals surface area (Å²) < 4.78 is 0. The number of rotatable bonds is 3. The van der Waals surface area contributed by atoms with Gasteiger partial charge >= 0.3 is 0 Å². The Morgan fingerprint density at radius 3 is 1.78 bits per heavy atom. The third kappa shape index (κ3) is 5.00. The van der Waals surface area contributed by atoms with E-state index < -0.39 is 0 Å². The van der Waals surface area contributed by atoms with Gasteiger partial charge in [-0.2, -0.15) is 0 Å². The van der Waals surface area contributed by atoms with Crippen molar-refractivity contribution in [2.24, 2.45) is 11.8 Å². The maximum absolute atomic E-state index is 4.03. The predicted molar refractivity (Wildman–Crippen MR) is 48.5 cm³/mol. The summed E-state index contributed by atoms with van der Waals surface area (Å²) in [5.41, 5.74) is 0. The highest BCUT2D eigenvalue weighted by Gasteiger charge is 2.05. The van der Waals surface area contributed by atoms with Crippen molar-refractivity contribution in [2.75, 3.05) is 0 Å². The molecule has 55 valence electrons. The van der Waals surface area contributed by atoms with E-state index >= 15 is 0 Å². The lowest BCUT2D eigenvalue weighted by molar-refractivity contribution is 0.403. The molecule has 0 aliphatic carbocycles. The Kier molecular flexibility index (Phi) is 9.04. The van der Waals surface area contributed by atoms with E-state index in [4.69, 9.17) is 0 Å². The Morgan fingerprint density at radius 2 is 1.67 bits per heavy atom. The first-order valence-corrected chi connectivity index (χ1v) is 3.55. The molecule has 0 spiro atoms. The summed E-state index contributed by atoms with van der Waals surface area (Å²) in [4.78, 5) is 0. The SMILES string of the molecule is [AlH3].[CH2]C(CC)C(C)CC. The van der Waals surface area contributed by atoms with Gasteiger partial charge in [0, 0.05) is 0 Å². The molecule has 0 aliphatic rings. The number of hydrogen-bond acceptors (Lipinski definition) is 0. The smallest absolute Gasteiger partial charge is 0.0651 e. The quantitative estimate of drug-likeness (QED) is 0.528. The molecule has 2 atom stereocenters. The average molecular weight is 143 g/mol. The van der Waals surface area contributed by atoms with Crippen LogP contribution in [0.5, 0.6) is 0 Å². The van der Waals surface area contributed by atoms with E-state index in [1.54, 1.807) is 0 Å². The molecule has 0 bridgehead atoms. The first-order chi connectivity index (χ1) is 3.72. The highest BCUT2D eigenvalue weighted by Crippen LogP contribution is 2.16. The van der Waals surface area contributed by atoms with Gasteiger partial charge in [-0.3, -0.25) is 0 Å². The van der Waals surface area contributed by atoms with Crippen LogP contribution >= 0.6 is 0 Å². The topological polar surface area (TPSA) is 0 Å². The third-order valence-corrected chi connectivity index (χ3v) is 1.97. The van der Waals surface area contributed by atoms with Gasteiger partial charge in [0.25, 0.3) is 0 Å². The van der Waals surface area contributed by atoms with E-state index in [2.05, 4.69) is 27.7 Å². The summed E-state index contributed by atoms with van der Waals surface area (Å²) in [5.74, 6) is 1.47. The molecule has 0 aromatic heterocycles. The Balaban J connectivity index is 0. The Hall–Kier alpha value is 0.532. The van der Waals surface area contributed by atoms with Gasteiger partial charge in [-0.1, -0.05) is 33.6 Å². The molecule has 0 heterocycles. The summed E-state index contributed by atoms with van der Waals surface area (Å²) in [7, 11) is 0. The van der Waals surface area contributed by atoms with Crippen LogP contribution in [0, 0.1) is 18.8 Å². The molecule has 0 fully saturated rings. The first-order valence-electron chi connectivity index (χ1n) is 3.55. The number of hydrogen-bond donors (Lipinski definition) is 0. The van der Waals surface area contributed by atoms with Crippen LogP contribution in [0.4, 0.5) is 0 Å². The van der Waals surface area contributed by atoms with Gasteiger partial charge in [0.1, 0.15) is 0 Å². The summed E-state index contributed by atoms with van der Waals surface area (Å²) in [6.07, 6.45) is 2.48. The molecule has 9 heavy (non-hydrogen) atoms. The zero-order valence-electron chi connectivity index (χ0n) is 6.28. The Labute approximate surface area is 70.2 Å². The lowest BCUT2D eigenvalue weighted by atomic mass is 9.92. The van der Waals surface area contributed by atoms with Gasteiger partial charge in [-0.15, -0.1) is 0 Å². The normalized spacial score (nSPS) is 16.0. The molecule has 0 nitrogen and oxygen atoms in total. The summed E-state index contributed by atoms with van der Waals surface area (Å²) in [6, 6.07) is 0. The minimum absolute atomic E-state index is 0. The second-order valence-electron chi connectivity index (χ2n) is 2.55. The van der Waals surface area contributed by atoms with E-state index in [-0.39, 0.29) is 17.4 Å². The molecule has 0 aromatic rings. The van der Waals surface area contributed by atoms with Crippen LogP contribution in [0.3, 0.4) is 0 Å². The maximum atomic E-state index is 4.03. The fourth-order valence-electron chi connectivity index (χ4n) is 0.736. The molecule has 1 heteroatoms. The van der Waals surface area contributed by atoms with Gasteiger partial charge in [0.05, 0.1) is 0 Å². The van der Waals surface area contributed by atoms with Crippen LogP contribution in [-0.2, 0) is 0 Å². The van der Waals surface area contributed by atoms with E-state index in [0.29, 0.717) is 5.92 Å². The summed E-state index contributed by atoms with van der Waals surface area (Å²) >= 11 is 0. The monoisotopic (exact) mass is 143 g/mol. The molecular weight excluding hydrogens is 123 g/mol. The zero-order chi connectivity index (χ0) is 6.57. The van der Waals surface area contributed by atoms with Gasteiger partial charge in [0.2, 0.25) is 0 Å². The highest BCUT2D eigenvalue weighted by atomic mass is 27.0. The Morgan fingerprint density at radius 1 is 1.22 bits per heavy atom. The minimum Gasteiger partial charge on any atom is -0.0651 e. The lowest BCUT2D eigenvalue weighted by Gasteiger charge is -2.14. The fraction of sp³-hybridized carbons (Fsp3) is 0.875. The van der Waals surface area contributed by atoms with Gasteiger partial charge in [0.15, 0.2) is 17.4 Å². The van der Waals surface area contributed by atoms with Crippen molar-refractivity contribution in [2.45, 2.75) is 33.6 Å². The second-order valence-corrected chi connectivity index (χ2v) is 2.55. The van der Waals surface area contributed by atoms with Crippen molar-refractivity contribution in [3.05, 3.63) is 6.92 Å². The van der Waals surface area contributed by atoms with Gasteiger partial charge in [-0.25, -0.2) is 0 Å². The van der Waals surface area contributed by atoms with Crippen LogP contribution in [0.15, 0.2) is 0 Å². The standard InChI is InChI=1S/C8H17.Al.3H/c1-5-7(3)8(4)6-2;;;;/h7-8H,3,5-6H2,1-2,4H3;;;;. The van der Waals surface area contributed by atoms with Crippen molar-refractivity contribution >= 4 is 17.4 Å². The van der Waals surface area contributed by atoms with Crippen LogP contribution in [0.1, 0.15) is 33.6 Å². The second kappa shape index (κ2) is 6.65. The van der Waals surface area contributed by atoms with Crippen LogP contribution in [0.25, 0.3) is 0 Å². The molecule has 0 N–H and O–H groups in total. The molecule has 1 radical (unpaired) electrons. The summed E-state index contributed by atoms with van der Waals surface area (Å²) in [5, 5.41) is 0. The third-order valence-electron chi connectivity index (χ3n) is 1.97. The highest BCUT2D eigenvalue weighted by molar-refractivity contribution is 5.75. The van der Waals surface area contributed by atoms with Crippen molar-refractivity contribution < 1.29 is 0 Å². The first kappa shape index (κ1) is 12.2.